The van der Waals surface area contributed by atoms with E-state index < -0.39 is 0 Å². The third kappa shape index (κ3) is 1.61. The van der Waals surface area contributed by atoms with Crippen molar-refractivity contribution in [2.45, 2.75) is 44.7 Å². The van der Waals surface area contributed by atoms with Gasteiger partial charge in [0.05, 0.1) is 0 Å². The summed E-state index contributed by atoms with van der Waals surface area (Å²) in [5.41, 5.74) is 10.4. The Morgan fingerprint density at radius 3 is 3.00 bits per heavy atom. The molecule has 0 amide bonds. The highest BCUT2D eigenvalue weighted by Crippen LogP contribution is 2.35. The van der Waals surface area contributed by atoms with Gasteiger partial charge in [0, 0.05) is 24.3 Å². The van der Waals surface area contributed by atoms with E-state index in [1.54, 1.807) is 0 Å². The van der Waals surface area contributed by atoms with Crippen LogP contribution in [0.2, 0.25) is 0 Å². The van der Waals surface area contributed by atoms with Crippen molar-refractivity contribution in [3.63, 3.8) is 0 Å². The van der Waals surface area contributed by atoms with E-state index in [9.17, 15) is 0 Å². The molecule has 0 spiro atoms. The average molecular weight is 216 g/mol. The Balaban J connectivity index is 1.97. The average Bonchev–Trinajstić information content (AvgIpc) is 2.28. The Hall–Kier alpha value is -1.02. The molecule has 1 fully saturated rings. The Kier molecular flexibility index (Phi) is 2.40. The van der Waals surface area contributed by atoms with E-state index in [4.69, 9.17) is 5.73 Å². The first-order valence-corrected chi connectivity index (χ1v) is 6.36. The zero-order valence-corrected chi connectivity index (χ0v) is 9.95. The van der Waals surface area contributed by atoms with Crippen molar-refractivity contribution in [3.8, 4) is 0 Å². The normalized spacial score (nSPS) is 28.5. The molecule has 2 nitrogen and oxygen atoms in total. The van der Waals surface area contributed by atoms with Gasteiger partial charge in [-0.05, 0) is 44.2 Å². The molecule has 1 saturated heterocycles. The molecule has 2 N–H and O–H groups in total. The van der Waals surface area contributed by atoms with Crippen LogP contribution in [0.1, 0.15) is 30.4 Å². The molecule has 0 aromatic heterocycles. The van der Waals surface area contributed by atoms with Gasteiger partial charge in [-0.25, -0.2) is 0 Å². The van der Waals surface area contributed by atoms with Crippen LogP contribution in [0.15, 0.2) is 18.2 Å². The Morgan fingerprint density at radius 1 is 1.25 bits per heavy atom. The summed E-state index contributed by atoms with van der Waals surface area (Å²) in [6, 6.07) is 7.96. The van der Waals surface area contributed by atoms with Crippen molar-refractivity contribution >= 4 is 5.69 Å². The van der Waals surface area contributed by atoms with Crippen LogP contribution in [0.3, 0.4) is 0 Å². The van der Waals surface area contributed by atoms with Crippen molar-refractivity contribution < 1.29 is 0 Å². The summed E-state index contributed by atoms with van der Waals surface area (Å²) in [5.74, 6) is 0. The second-order valence-corrected chi connectivity index (χ2v) is 5.31. The molecular weight excluding hydrogens is 196 g/mol. The van der Waals surface area contributed by atoms with Gasteiger partial charge in [-0.3, -0.25) is 0 Å². The highest BCUT2D eigenvalue weighted by atomic mass is 15.2. The van der Waals surface area contributed by atoms with Crippen LogP contribution in [0.4, 0.5) is 5.69 Å². The summed E-state index contributed by atoms with van der Waals surface area (Å²) in [6.45, 7) is 3.22. The third-order valence-corrected chi connectivity index (χ3v) is 4.03. The second-order valence-electron chi connectivity index (χ2n) is 5.31. The molecule has 0 radical (unpaired) electrons. The first kappa shape index (κ1) is 10.2. The number of nitrogens with zero attached hydrogens (tertiary/aromatic N) is 1. The number of nitrogens with two attached hydrogens (primary N) is 1. The molecular formula is C14H20N2. The molecule has 0 aliphatic carbocycles. The molecule has 2 aliphatic heterocycles. The zero-order chi connectivity index (χ0) is 11.1. The second kappa shape index (κ2) is 3.77. The molecule has 16 heavy (non-hydrogen) atoms. The van der Waals surface area contributed by atoms with Gasteiger partial charge in [0.1, 0.15) is 0 Å². The molecule has 1 aromatic rings. The maximum absolute atomic E-state index is 6.09. The number of hydrogen-bond donors (Lipinski definition) is 1. The van der Waals surface area contributed by atoms with E-state index in [-0.39, 0.29) is 0 Å². The van der Waals surface area contributed by atoms with Crippen molar-refractivity contribution in [2.75, 3.05) is 11.4 Å². The lowest BCUT2D eigenvalue weighted by Crippen LogP contribution is -2.50. The molecule has 2 heterocycles. The van der Waals surface area contributed by atoms with Gasteiger partial charge in [0.2, 0.25) is 0 Å². The van der Waals surface area contributed by atoms with Crippen molar-refractivity contribution in [1.29, 1.82) is 0 Å². The maximum Gasteiger partial charge on any atom is 0.0402 e. The van der Waals surface area contributed by atoms with Gasteiger partial charge >= 0.3 is 0 Å². The molecule has 86 valence electrons. The first-order chi connectivity index (χ1) is 7.74. The van der Waals surface area contributed by atoms with Crippen LogP contribution in [0.25, 0.3) is 0 Å². The zero-order valence-electron chi connectivity index (χ0n) is 9.95. The smallest absolute Gasteiger partial charge is 0.0402 e. The van der Waals surface area contributed by atoms with Gasteiger partial charge in [0.25, 0.3) is 0 Å². The van der Waals surface area contributed by atoms with Gasteiger partial charge in [-0.15, -0.1) is 0 Å². The highest BCUT2D eigenvalue weighted by molar-refractivity contribution is 5.58. The number of fused-ring (bicyclic) bond motifs is 3. The van der Waals surface area contributed by atoms with Crippen molar-refractivity contribution in [3.05, 3.63) is 29.3 Å². The lowest BCUT2D eigenvalue weighted by molar-refractivity contribution is 0.390. The maximum atomic E-state index is 6.09. The minimum absolute atomic E-state index is 0.364. The fourth-order valence-corrected chi connectivity index (χ4v) is 3.17. The summed E-state index contributed by atoms with van der Waals surface area (Å²) in [4.78, 5) is 2.55. The SMILES string of the molecule is Cc1ccc2c(c1)CCC1CCC(N)CN21. The topological polar surface area (TPSA) is 29.3 Å². The van der Waals surface area contributed by atoms with E-state index >= 15 is 0 Å². The van der Waals surface area contributed by atoms with Crippen LogP contribution in [0, 0.1) is 6.92 Å². The minimum atomic E-state index is 0.364. The predicted octanol–water partition coefficient (Wildman–Crippen LogP) is 2.24. The molecule has 2 aliphatic rings. The van der Waals surface area contributed by atoms with Gasteiger partial charge < -0.3 is 10.6 Å². The molecule has 2 unspecified atom stereocenters. The quantitative estimate of drug-likeness (QED) is 0.720. The summed E-state index contributed by atoms with van der Waals surface area (Å²) >= 11 is 0. The van der Waals surface area contributed by atoms with Gasteiger partial charge in [-0.2, -0.15) is 0 Å². The fraction of sp³-hybridized carbons (Fsp3) is 0.571. The number of rotatable bonds is 0. The van der Waals surface area contributed by atoms with Crippen molar-refractivity contribution in [1.82, 2.24) is 0 Å². The summed E-state index contributed by atoms with van der Waals surface area (Å²) in [6.07, 6.45) is 5.02. The van der Waals surface area contributed by atoms with Gasteiger partial charge in [0.15, 0.2) is 0 Å². The summed E-state index contributed by atoms with van der Waals surface area (Å²) < 4.78 is 0. The molecule has 1 aromatic carbocycles. The van der Waals surface area contributed by atoms with Gasteiger partial charge in [-0.1, -0.05) is 17.7 Å². The van der Waals surface area contributed by atoms with E-state index in [0.29, 0.717) is 6.04 Å². The highest BCUT2D eigenvalue weighted by Gasteiger charge is 2.30. The number of aryl methyl sites for hydroxylation is 2. The lowest BCUT2D eigenvalue weighted by atomic mass is 9.87. The Bertz CT molecular complexity index is 400. The summed E-state index contributed by atoms with van der Waals surface area (Å²) in [7, 11) is 0. The number of anilines is 1. The molecule has 3 rings (SSSR count). The van der Waals surface area contributed by atoms with Crippen LogP contribution >= 0.6 is 0 Å². The molecule has 2 atom stereocenters. The molecule has 2 heteroatoms. The molecule has 0 bridgehead atoms. The van der Waals surface area contributed by atoms with Crippen LogP contribution in [-0.2, 0) is 6.42 Å². The number of hydrogen-bond acceptors (Lipinski definition) is 2. The number of benzene rings is 1. The van der Waals surface area contributed by atoms with Crippen LogP contribution < -0.4 is 10.6 Å². The van der Waals surface area contributed by atoms with E-state index in [1.807, 2.05) is 0 Å². The van der Waals surface area contributed by atoms with E-state index in [0.717, 1.165) is 12.6 Å². The first-order valence-electron chi connectivity index (χ1n) is 6.36. The standard InChI is InChI=1S/C14H20N2/c1-10-2-7-14-11(8-10)3-5-13-6-4-12(15)9-16(13)14/h2,7-8,12-13H,3-6,9,15H2,1H3. The Labute approximate surface area is 97.4 Å². The van der Waals surface area contributed by atoms with Crippen LogP contribution in [0.5, 0.6) is 0 Å². The fourth-order valence-electron chi connectivity index (χ4n) is 3.17. The molecule has 0 saturated carbocycles. The third-order valence-electron chi connectivity index (χ3n) is 4.03. The van der Waals surface area contributed by atoms with E-state index in [1.165, 1.54) is 42.5 Å². The van der Waals surface area contributed by atoms with Crippen LogP contribution in [-0.4, -0.2) is 18.6 Å². The monoisotopic (exact) mass is 216 g/mol. The Morgan fingerprint density at radius 2 is 2.12 bits per heavy atom. The van der Waals surface area contributed by atoms with Crippen molar-refractivity contribution in [2.24, 2.45) is 5.73 Å². The lowest BCUT2D eigenvalue weighted by Gasteiger charge is -2.44. The van der Waals surface area contributed by atoms with E-state index in [2.05, 4.69) is 30.0 Å². The summed E-state index contributed by atoms with van der Waals surface area (Å²) in [5, 5.41) is 0. The predicted molar refractivity (Wildman–Crippen MR) is 67.8 cm³/mol. The minimum Gasteiger partial charge on any atom is -0.367 e. The number of piperidine rings is 1. The largest absolute Gasteiger partial charge is 0.367 e.